The number of carbonyl (C=O) groups is 3. The number of nitrogens with zero attached hydrogens (tertiary/aromatic N) is 2. The summed E-state index contributed by atoms with van der Waals surface area (Å²) in [4.78, 5) is 40.4. The number of hydrogen-bond donors (Lipinski definition) is 0. The zero-order chi connectivity index (χ0) is 15.9. The molecule has 2 fully saturated rings. The van der Waals surface area contributed by atoms with Crippen LogP contribution in [0, 0.1) is 23.7 Å². The topological polar surface area (TPSA) is 57.7 Å². The number of allylic oxidation sites excluding steroid dienone is 2. The second kappa shape index (κ2) is 5.86. The van der Waals surface area contributed by atoms with Crippen molar-refractivity contribution in [1.82, 2.24) is 9.80 Å². The van der Waals surface area contributed by atoms with Crippen LogP contribution in [0.1, 0.15) is 33.1 Å². The van der Waals surface area contributed by atoms with Gasteiger partial charge in [0.25, 0.3) is 0 Å². The van der Waals surface area contributed by atoms with Crippen LogP contribution in [0.3, 0.4) is 0 Å². The van der Waals surface area contributed by atoms with Crippen molar-refractivity contribution < 1.29 is 14.4 Å². The molecule has 2 bridgehead atoms. The summed E-state index contributed by atoms with van der Waals surface area (Å²) in [5.74, 6) is 0.00819. The molecule has 3 aliphatic carbocycles. The van der Waals surface area contributed by atoms with E-state index in [1.165, 1.54) is 4.90 Å². The third kappa shape index (κ3) is 2.27. The van der Waals surface area contributed by atoms with Crippen molar-refractivity contribution in [3.63, 3.8) is 0 Å². The number of amides is 3. The molecule has 0 aromatic heterocycles. The van der Waals surface area contributed by atoms with E-state index in [2.05, 4.69) is 12.2 Å². The van der Waals surface area contributed by atoms with Gasteiger partial charge in [0.2, 0.25) is 17.7 Å². The molecular formula is C17H24N2O3. The first-order valence-electron chi connectivity index (χ1n) is 8.39. The Morgan fingerprint density at radius 2 is 1.59 bits per heavy atom. The normalized spacial score (nSPS) is 32.5. The van der Waals surface area contributed by atoms with E-state index in [0.29, 0.717) is 13.1 Å². The minimum atomic E-state index is -0.167. The maximum absolute atomic E-state index is 12.6. The fourth-order valence-electron chi connectivity index (χ4n) is 4.30. The summed E-state index contributed by atoms with van der Waals surface area (Å²) in [5, 5.41) is 0. The number of rotatable bonds is 5. The molecule has 5 heteroatoms. The van der Waals surface area contributed by atoms with Gasteiger partial charge in [-0.2, -0.15) is 0 Å². The van der Waals surface area contributed by atoms with E-state index in [1.807, 2.05) is 13.8 Å². The van der Waals surface area contributed by atoms with Gasteiger partial charge in [-0.15, -0.1) is 0 Å². The van der Waals surface area contributed by atoms with Crippen LogP contribution in [0.2, 0.25) is 0 Å². The molecule has 0 aromatic rings. The van der Waals surface area contributed by atoms with Gasteiger partial charge in [0.1, 0.15) is 0 Å². The van der Waals surface area contributed by atoms with E-state index in [4.69, 9.17) is 0 Å². The predicted octanol–water partition coefficient (Wildman–Crippen LogP) is 1.44. The molecule has 4 aliphatic rings. The molecule has 1 saturated carbocycles. The Hall–Kier alpha value is -1.65. The Balaban J connectivity index is 1.68. The maximum atomic E-state index is 12.6. The minimum absolute atomic E-state index is 0.0153. The van der Waals surface area contributed by atoms with Crippen LogP contribution < -0.4 is 0 Å². The van der Waals surface area contributed by atoms with E-state index < -0.39 is 0 Å². The zero-order valence-corrected chi connectivity index (χ0v) is 13.3. The Bertz CT molecular complexity index is 492. The standard InChI is InChI=1S/C17H24N2O3/c1-3-18(4-2)13(20)9-10-19-16(21)14-11-5-6-12(8-7-11)15(14)17(19)22/h5-6,11-12,14-15H,3-4,7-10H2,1-2H3/t11-,12-,14+,15+/m0/s1. The van der Waals surface area contributed by atoms with Gasteiger partial charge in [-0.1, -0.05) is 12.2 Å². The van der Waals surface area contributed by atoms with Crippen molar-refractivity contribution >= 4 is 17.7 Å². The Kier molecular flexibility index (Phi) is 4.06. The zero-order valence-electron chi connectivity index (χ0n) is 13.3. The molecule has 1 aliphatic heterocycles. The Labute approximate surface area is 131 Å². The SMILES string of the molecule is CCN(CC)C(=O)CCN1C(=O)[C@H]2[C@H](C1=O)[C@H]1C=C[C@H]2CC1. The molecule has 1 saturated heterocycles. The quantitative estimate of drug-likeness (QED) is 0.570. The Morgan fingerprint density at radius 3 is 2.00 bits per heavy atom. The summed E-state index contributed by atoms with van der Waals surface area (Å²) < 4.78 is 0. The van der Waals surface area contributed by atoms with Crippen LogP contribution in [0.4, 0.5) is 0 Å². The molecule has 4 atom stereocenters. The van der Waals surface area contributed by atoms with Crippen LogP contribution in [0.5, 0.6) is 0 Å². The molecule has 1 heterocycles. The van der Waals surface area contributed by atoms with E-state index in [9.17, 15) is 14.4 Å². The van der Waals surface area contributed by atoms with Crippen LogP contribution in [-0.4, -0.2) is 47.2 Å². The molecule has 0 spiro atoms. The van der Waals surface area contributed by atoms with Crippen molar-refractivity contribution in [3.8, 4) is 0 Å². The molecule has 0 N–H and O–H groups in total. The molecule has 4 rings (SSSR count). The molecule has 120 valence electrons. The highest BCUT2D eigenvalue weighted by Crippen LogP contribution is 2.49. The van der Waals surface area contributed by atoms with Crippen molar-refractivity contribution in [3.05, 3.63) is 12.2 Å². The highest BCUT2D eigenvalue weighted by molar-refractivity contribution is 6.06. The molecule has 22 heavy (non-hydrogen) atoms. The molecule has 0 unspecified atom stereocenters. The summed E-state index contributed by atoms with van der Waals surface area (Å²) in [6, 6.07) is 0. The highest BCUT2D eigenvalue weighted by atomic mass is 16.2. The molecule has 5 nitrogen and oxygen atoms in total. The summed E-state index contributed by atoms with van der Waals surface area (Å²) in [7, 11) is 0. The van der Waals surface area contributed by atoms with Gasteiger partial charge in [0.15, 0.2) is 0 Å². The molecule has 0 radical (unpaired) electrons. The van der Waals surface area contributed by atoms with Crippen LogP contribution in [0.25, 0.3) is 0 Å². The van der Waals surface area contributed by atoms with Gasteiger partial charge in [0.05, 0.1) is 11.8 Å². The van der Waals surface area contributed by atoms with E-state index in [1.54, 1.807) is 4.90 Å². The lowest BCUT2D eigenvalue weighted by Crippen LogP contribution is -2.38. The second-order valence-corrected chi connectivity index (χ2v) is 6.49. The van der Waals surface area contributed by atoms with Gasteiger partial charge in [0, 0.05) is 26.1 Å². The first-order valence-corrected chi connectivity index (χ1v) is 8.39. The Morgan fingerprint density at radius 1 is 1.09 bits per heavy atom. The highest BCUT2D eigenvalue weighted by Gasteiger charge is 2.56. The van der Waals surface area contributed by atoms with E-state index >= 15 is 0 Å². The lowest BCUT2D eigenvalue weighted by atomic mass is 9.63. The summed E-state index contributed by atoms with van der Waals surface area (Å²) in [6.45, 7) is 5.43. The minimum Gasteiger partial charge on any atom is -0.343 e. The number of imide groups is 1. The van der Waals surface area contributed by atoms with Crippen LogP contribution in [0.15, 0.2) is 12.2 Å². The third-order valence-electron chi connectivity index (χ3n) is 5.52. The first kappa shape index (κ1) is 15.3. The van der Waals surface area contributed by atoms with E-state index in [0.717, 1.165) is 12.8 Å². The second-order valence-electron chi connectivity index (χ2n) is 6.49. The van der Waals surface area contributed by atoms with Gasteiger partial charge < -0.3 is 4.90 Å². The van der Waals surface area contributed by atoms with Gasteiger partial charge >= 0.3 is 0 Å². The molecule has 3 amide bonds. The van der Waals surface area contributed by atoms with Gasteiger partial charge in [-0.25, -0.2) is 0 Å². The lowest BCUT2D eigenvalue weighted by Gasteiger charge is -2.38. The maximum Gasteiger partial charge on any atom is 0.233 e. The monoisotopic (exact) mass is 304 g/mol. The first-order chi connectivity index (χ1) is 10.6. The number of likely N-dealkylation sites (tertiary alicyclic amines) is 1. The number of fused-ring (bicyclic) bond motifs is 1. The lowest BCUT2D eigenvalue weighted by molar-refractivity contribution is -0.141. The van der Waals surface area contributed by atoms with E-state index in [-0.39, 0.29) is 54.4 Å². The van der Waals surface area contributed by atoms with Gasteiger partial charge in [-0.05, 0) is 38.5 Å². The van der Waals surface area contributed by atoms with Crippen LogP contribution >= 0.6 is 0 Å². The fraction of sp³-hybridized carbons (Fsp3) is 0.706. The average molecular weight is 304 g/mol. The fourth-order valence-corrected chi connectivity index (χ4v) is 4.30. The van der Waals surface area contributed by atoms with Crippen LogP contribution in [-0.2, 0) is 14.4 Å². The van der Waals surface area contributed by atoms with Crippen molar-refractivity contribution in [2.75, 3.05) is 19.6 Å². The van der Waals surface area contributed by atoms with Gasteiger partial charge in [-0.3, -0.25) is 19.3 Å². The van der Waals surface area contributed by atoms with Crippen molar-refractivity contribution in [2.24, 2.45) is 23.7 Å². The smallest absolute Gasteiger partial charge is 0.233 e. The largest absolute Gasteiger partial charge is 0.343 e. The predicted molar refractivity (Wildman–Crippen MR) is 81.6 cm³/mol. The average Bonchev–Trinajstić information content (AvgIpc) is 2.81. The molecule has 0 aromatic carbocycles. The summed E-state index contributed by atoms with van der Waals surface area (Å²) in [5.41, 5.74) is 0. The third-order valence-corrected chi connectivity index (χ3v) is 5.52. The molecular weight excluding hydrogens is 280 g/mol. The van der Waals surface area contributed by atoms with Crippen molar-refractivity contribution in [2.45, 2.75) is 33.1 Å². The number of hydrogen-bond acceptors (Lipinski definition) is 3. The number of carbonyl (C=O) groups excluding carboxylic acids is 3. The summed E-state index contributed by atoms with van der Waals surface area (Å²) >= 11 is 0. The van der Waals surface area contributed by atoms with Crippen molar-refractivity contribution in [1.29, 1.82) is 0 Å². The summed E-state index contributed by atoms with van der Waals surface area (Å²) in [6.07, 6.45) is 6.48.